The lowest BCUT2D eigenvalue weighted by atomic mass is 10.1. The lowest BCUT2D eigenvalue weighted by Crippen LogP contribution is -2.54. The predicted molar refractivity (Wildman–Crippen MR) is 112 cm³/mol. The molecular weight excluding hydrogens is 465 g/mol. The molecule has 0 spiro atoms. The number of nitrogens with one attached hydrogen (secondary N) is 1. The van der Waals surface area contributed by atoms with E-state index in [1.54, 1.807) is 19.1 Å². The highest BCUT2D eigenvalue weighted by atomic mass is 35.5. The molecule has 12 heteroatoms. The van der Waals surface area contributed by atoms with Crippen LogP contribution in [0.25, 0.3) is 0 Å². The topological polar surface area (TPSA) is 94.9 Å². The lowest BCUT2D eigenvalue weighted by molar-refractivity contribution is 0.0664. The van der Waals surface area contributed by atoms with Gasteiger partial charge in [-0.15, -0.1) is 0 Å². The lowest BCUT2D eigenvalue weighted by Gasteiger charge is -2.40. The number of hydrogen-bond donors (Lipinski definition) is 2. The van der Waals surface area contributed by atoms with E-state index in [0.717, 1.165) is 10.9 Å². The maximum absolute atomic E-state index is 14.1. The number of rotatable bonds is 3. The van der Waals surface area contributed by atoms with E-state index in [9.17, 15) is 32.7 Å². The number of amides is 2. The first kappa shape index (κ1) is 22.5. The van der Waals surface area contributed by atoms with Crippen molar-refractivity contribution >= 4 is 23.4 Å². The Morgan fingerprint density at radius 3 is 2.70 bits per heavy atom. The highest BCUT2D eigenvalue weighted by molar-refractivity contribution is 6.31. The first-order valence-electron chi connectivity index (χ1n) is 9.57. The van der Waals surface area contributed by atoms with Crippen molar-refractivity contribution in [2.45, 2.75) is 19.5 Å². The third-order valence-corrected chi connectivity index (χ3v) is 5.79. The van der Waals surface area contributed by atoms with E-state index in [4.69, 9.17) is 11.6 Å². The van der Waals surface area contributed by atoms with Crippen LogP contribution in [0.1, 0.15) is 33.3 Å². The average molecular weight is 481 g/mol. The summed E-state index contributed by atoms with van der Waals surface area (Å²) >= 11 is 5.44. The Bertz CT molecular complexity index is 1320. The van der Waals surface area contributed by atoms with Crippen molar-refractivity contribution in [3.8, 4) is 5.75 Å². The van der Waals surface area contributed by atoms with Gasteiger partial charge in [-0.2, -0.15) is 0 Å². The number of aromatic hydroxyl groups is 1. The minimum Gasteiger partial charge on any atom is -0.502 e. The van der Waals surface area contributed by atoms with Gasteiger partial charge in [-0.25, -0.2) is 17.8 Å². The molecule has 2 N–H and O–H groups in total. The molecule has 172 valence electrons. The summed E-state index contributed by atoms with van der Waals surface area (Å²) in [5.74, 6) is -6.68. The van der Waals surface area contributed by atoms with Gasteiger partial charge in [0.25, 0.3) is 11.8 Å². The van der Waals surface area contributed by atoms with Crippen LogP contribution in [0.4, 0.5) is 13.2 Å². The molecule has 2 aromatic rings. The third-order valence-electron chi connectivity index (χ3n) is 5.44. The average Bonchev–Trinajstić information content (AvgIpc) is 2.90. The molecule has 0 aliphatic carbocycles. The number of halogens is 4. The molecule has 0 saturated carbocycles. The number of fused-ring (bicyclic) bond motifs is 4. The van der Waals surface area contributed by atoms with Gasteiger partial charge in [-0.1, -0.05) is 24.3 Å². The van der Waals surface area contributed by atoms with Crippen LogP contribution in [-0.2, 0) is 6.54 Å². The van der Waals surface area contributed by atoms with E-state index < -0.39 is 63.1 Å². The zero-order chi connectivity index (χ0) is 24.2. The summed E-state index contributed by atoms with van der Waals surface area (Å²) in [5, 5.41) is 13.1. The maximum Gasteiger partial charge on any atom is 0.278 e. The molecule has 0 saturated heterocycles. The van der Waals surface area contributed by atoms with Gasteiger partial charge >= 0.3 is 0 Å². The van der Waals surface area contributed by atoms with Crippen LogP contribution in [0.3, 0.4) is 0 Å². The van der Waals surface area contributed by atoms with Crippen molar-refractivity contribution in [2.24, 2.45) is 0 Å². The molecule has 0 fully saturated rings. The summed E-state index contributed by atoms with van der Waals surface area (Å²) in [6.45, 7) is 4.90. The number of carbonyl (C=O) groups is 2. The normalized spacial score (nSPS) is 17.2. The standard InChI is InChI=1S/C21H16ClF3N4O4/c1-9-3-4-10(2)29-8-27(9)21(33)17-19(31)18(30)12(7-28(17)29)20(32)26-6-11-13(23)5-14(24)15(22)16(11)25/h3-5,7,9,31H,2,6,8H2,1H3,(H,26,32)/t9-/m0/s1. The first-order chi connectivity index (χ1) is 15.5. The SMILES string of the molecule is C=C1C=C[C@H](C)N2CN1n1cc(C(=O)NCc3c(F)cc(F)c(Cl)c3F)c(=O)c(O)c1C2=O. The Balaban J connectivity index is 1.72. The highest BCUT2D eigenvalue weighted by Crippen LogP contribution is 2.27. The van der Waals surface area contributed by atoms with Crippen LogP contribution in [0, 0.1) is 17.5 Å². The number of carbonyl (C=O) groups excluding carboxylic acids is 2. The number of hydrogen-bond acceptors (Lipinski definition) is 5. The van der Waals surface area contributed by atoms with E-state index in [1.807, 2.05) is 0 Å². The minimum atomic E-state index is -1.40. The molecule has 1 aromatic carbocycles. The second-order valence-corrected chi connectivity index (χ2v) is 7.83. The second-order valence-electron chi connectivity index (χ2n) is 7.45. The molecule has 2 bridgehead atoms. The molecule has 1 aromatic heterocycles. The summed E-state index contributed by atoms with van der Waals surface area (Å²) in [6, 6.07) is 0.0152. The molecule has 3 heterocycles. The van der Waals surface area contributed by atoms with Gasteiger partial charge in [0.05, 0.1) is 5.70 Å². The van der Waals surface area contributed by atoms with Gasteiger partial charge < -0.3 is 15.3 Å². The number of pyridine rings is 1. The summed E-state index contributed by atoms with van der Waals surface area (Å²) in [7, 11) is 0. The zero-order valence-electron chi connectivity index (χ0n) is 17.0. The van der Waals surface area contributed by atoms with E-state index in [0.29, 0.717) is 11.8 Å². The fourth-order valence-corrected chi connectivity index (χ4v) is 3.73. The summed E-state index contributed by atoms with van der Waals surface area (Å²) < 4.78 is 42.5. The first-order valence-corrected chi connectivity index (χ1v) is 9.95. The van der Waals surface area contributed by atoms with Crippen molar-refractivity contribution in [3.05, 3.63) is 86.2 Å². The van der Waals surface area contributed by atoms with E-state index >= 15 is 0 Å². The summed E-state index contributed by atoms with van der Waals surface area (Å²) in [5.41, 5.74) is -2.42. The van der Waals surface area contributed by atoms with Gasteiger partial charge in [0.2, 0.25) is 5.43 Å². The molecule has 0 unspecified atom stereocenters. The largest absolute Gasteiger partial charge is 0.502 e. The van der Waals surface area contributed by atoms with Crippen LogP contribution in [0.5, 0.6) is 5.75 Å². The van der Waals surface area contributed by atoms with Gasteiger partial charge in [-0.05, 0) is 13.0 Å². The van der Waals surface area contributed by atoms with Gasteiger partial charge in [0.15, 0.2) is 17.3 Å². The molecule has 0 radical (unpaired) electrons. The van der Waals surface area contributed by atoms with Gasteiger partial charge in [0.1, 0.15) is 28.9 Å². The monoisotopic (exact) mass is 480 g/mol. The van der Waals surface area contributed by atoms with E-state index in [1.165, 1.54) is 9.91 Å². The number of allylic oxidation sites excluding steroid dienone is 1. The van der Waals surface area contributed by atoms with E-state index in [2.05, 4.69) is 11.9 Å². The number of aromatic nitrogens is 1. The Morgan fingerprint density at radius 1 is 1.30 bits per heavy atom. The van der Waals surface area contributed by atoms with E-state index in [-0.39, 0.29) is 18.4 Å². The van der Waals surface area contributed by atoms with Crippen molar-refractivity contribution in [1.82, 2.24) is 14.9 Å². The second kappa shape index (κ2) is 8.00. The highest BCUT2D eigenvalue weighted by Gasteiger charge is 2.37. The number of benzene rings is 1. The van der Waals surface area contributed by atoms with Crippen molar-refractivity contribution in [1.29, 1.82) is 0 Å². The third kappa shape index (κ3) is 3.54. The van der Waals surface area contributed by atoms with Crippen molar-refractivity contribution < 1.29 is 27.9 Å². The van der Waals surface area contributed by atoms with Crippen molar-refractivity contribution in [3.63, 3.8) is 0 Å². The molecule has 2 aliphatic heterocycles. The van der Waals surface area contributed by atoms with Gasteiger partial charge in [0, 0.05) is 30.4 Å². The molecule has 2 amide bonds. The fraction of sp³-hybridized carbons (Fsp3) is 0.190. The Labute approximate surface area is 189 Å². The van der Waals surface area contributed by atoms with Crippen LogP contribution >= 0.6 is 11.6 Å². The van der Waals surface area contributed by atoms with Crippen LogP contribution in [-0.4, -0.2) is 39.2 Å². The summed E-state index contributed by atoms with van der Waals surface area (Å²) in [6.07, 6.45) is 4.39. The minimum absolute atomic E-state index is 0.0344. The Kier molecular flexibility index (Phi) is 5.44. The van der Waals surface area contributed by atoms with Crippen molar-refractivity contribution in [2.75, 3.05) is 11.7 Å². The van der Waals surface area contributed by atoms with Crippen LogP contribution < -0.4 is 15.8 Å². The molecule has 2 aliphatic rings. The maximum atomic E-state index is 14.1. The fourth-order valence-electron chi connectivity index (χ4n) is 3.57. The molecule has 1 atom stereocenters. The molecule has 8 nitrogen and oxygen atoms in total. The smallest absolute Gasteiger partial charge is 0.278 e. The predicted octanol–water partition coefficient (Wildman–Crippen LogP) is 2.38. The molecule has 33 heavy (non-hydrogen) atoms. The zero-order valence-corrected chi connectivity index (χ0v) is 17.8. The molecule has 4 rings (SSSR count). The van der Waals surface area contributed by atoms with Crippen LogP contribution in [0.2, 0.25) is 5.02 Å². The molecular formula is C21H16ClF3N4O4. The van der Waals surface area contributed by atoms with Gasteiger partial charge in [-0.3, -0.25) is 19.4 Å². The quantitative estimate of drug-likeness (QED) is 0.519. The Hall–Kier alpha value is -3.73. The van der Waals surface area contributed by atoms with Crippen LogP contribution in [0.15, 0.2) is 41.5 Å². The Morgan fingerprint density at radius 2 is 2.00 bits per heavy atom. The number of nitrogens with zero attached hydrogens (tertiary/aromatic N) is 3. The summed E-state index contributed by atoms with van der Waals surface area (Å²) in [4.78, 5) is 39.6.